The van der Waals surface area contributed by atoms with Crippen molar-refractivity contribution >= 4 is 15.7 Å². The molecule has 1 atom stereocenters. The molecular formula is C10H15N3O4S. The van der Waals surface area contributed by atoms with Crippen LogP contribution in [0.4, 0.5) is 5.69 Å². The van der Waals surface area contributed by atoms with Gasteiger partial charge in [-0.3, -0.25) is 10.1 Å². The van der Waals surface area contributed by atoms with Gasteiger partial charge in [-0.2, -0.15) is 4.31 Å². The van der Waals surface area contributed by atoms with Crippen molar-refractivity contribution in [2.24, 2.45) is 5.73 Å². The van der Waals surface area contributed by atoms with Crippen LogP contribution in [0.1, 0.15) is 6.92 Å². The van der Waals surface area contributed by atoms with Gasteiger partial charge >= 0.3 is 0 Å². The summed E-state index contributed by atoms with van der Waals surface area (Å²) in [6.07, 6.45) is 0. The van der Waals surface area contributed by atoms with E-state index in [-0.39, 0.29) is 23.2 Å². The molecule has 0 aliphatic heterocycles. The van der Waals surface area contributed by atoms with Gasteiger partial charge < -0.3 is 5.73 Å². The van der Waals surface area contributed by atoms with Crippen molar-refractivity contribution in [2.75, 3.05) is 13.6 Å². The van der Waals surface area contributed by atoms with E-state index in [0.29, 0.717) is 0 Å². The molecule has 0 radical (unpaired) electrons. The van der Waals surface area contributed by atoms with E-state index in [0.717, 1.165) is 10.4 Å². The smallest absolute Gasteiger partial charge is 0.270 e. The monoisotopic (exact) mass is 273 g/mol. The summed E-state index contributed by atoms with van der Waals surface area (Å²) in [6.45, 7) is 1.83. The summed E-state index contributed by atoms with van der Waals surface area (Å²) in [7, 11) is -2.36. The lowest BCUT2D eigenvalue weighted by atomic mass is 10.3. The number of benzene rings is 1. The number of non-ortho nitro benzene ring substituents is 1. The fourth-order valence-electron chi connectivity index (χ4n) is 1.31. The summed E-state index contributed by atoms with van der Waals surface area (Å²) < 4.78 is 25.4. The van der Waals surface area contributed by atoms with Crippen LogP contribution in [0.15, 0.2) is 29.2 Å². The van der Waals surface area contributed by atoms with Crippen LogP contribution in [0, 0.1) is 10.1 Å². The van der Waals surface area contributed by atoms with Crippen molar-refractivity contribution < 1.29 is 13.3 Å². The maximum atomic E-state index is 12.2. The lowest BCUT2D eigenvalue weighted by molar-refractivity contribution is -0.385. The van der Waals surface area contributed by atoms with Crippen LogP contribution in [-0.2, 0) is 10.0 Å². The van der Waals surface area contributed by atoms with E-state index in [9.17, 15) is 18.5 Å². The van der Waals surface area contributed by atoms with E-state index in [1.165, 1.54) is 25.2 Å². The van der Waals surface area contributed by atoms with E-state index in [1.807, 2.05) is 0 Å². The van der Waals surface area contributed by atoms with Gasteiger partial charge in [0.15, 0.2) is 0 Å². The van der Waals surface area contributed by atoms with Crippen molar-refractivity contribution in [1.82, 2.24) is 4.31 Å². The van der Waals surface area contributed by atoms with Crippen LogP contribution < -0.4 is 5.73 Å². The Morgan fingerprint density at radius 2 is 2.11 bits per heavy atom. The maximum Gasteiger partial charge on any atom is 0.270 e. The van der Waals surface area contributed by atoms with Gasteiger partial charge in [-0.25, -0.2) is 8.42 Å². The van der Waals surface area contributed by atoms with Crippen LogP contribution in [-0.4, -0.2) is 37.3 Å². The van der Waals surface area contributed by atoms with Crippen molar-refractivity contribution in [3.05, 3.63) is 34.4 Å². The van der Waals surface area contributed by atoms with E-state index in [4.69, 9.17) is 5.73 Å². The zero-order chi connectivity index (χ0) is 13.9. The molecule has 0 amide bonds. The molecule has 1 aromatic carbocycles. The number of sulfonamides is 1. The summed E-state index contributed by atoms with van der Waals surface area (Å²) in [6, 6.07) is 4.56. The molecule has 18 heavy (non-hydrogen) atoms. The van der Waals surface area contributed by atoms with Crippen molar-refractivity contribution in [2.45, 2.75) is 17.9 Å². The lowest BCUT2D eigenvalue weighted by Crippen LogP contribution is -2.39. The molecule has 100 valence electrons. The predicted molar refractivity (Wildman–Crippen MR) is 66.6 cm³/mol. The Hall–Kier alpha value is -1.51. The minimum absolute atomic E-state index is 0.112. The molecule has 0 aromatic heterocycles. The van der Waals surface area contributed by atoms with Gasteiger partial charge in [-0.15, -0.1) is 0 Å². The molecule has 1 rings (SSSR count). The van der Waals surface area contributed by atoms with Crippen molar-refractivity contribution in [1.29, 1.82) is 0 Å². The summed E-state index contributed by atoms with van der Waals surface area (Å²) >= 11 is 0. The Balaban J connectivity index is 3.20. The number of nitrogens with two attached hydrogens (primary N) is 1. The number of nitrogens with zero attached hydrogens (tertiary/aromatic N) is 2. The molecule has 0 fully saturated rings. The van der Waals surface area contributed by atoms with E-state index < -0.39 is 14.9 Å². The first-order chi connectivity index (χ1) is 8.30. The first kappa shape index (κ1) is 14.6. The van der Waals surface area contributed by atoms with Gasteiger partial charge in [0.2, 0.25) is 10.0 Å². The summed E-state index contributed by atoms with van der Waals surface area (Å²) in [5.74, 6) is 0. The quantitative estimate of drug-likeness (QED) is 0.623. The third-order valence-corrected chi connectivity index (χ3v) is 4.64. The average molecular weight is 273 g/mol. The minimum atomic E-state index is -3.76. The van der Waals surface area contributed by atoms with Crippen LogP contribution in [0.25, 0.3) is 0 Å². The number of hydrogen-bond donors (Lipinski definition) is 1. The van der Waals surface area contributed by atoms with E-state index >= 15 is 0 Å². The molecular weight excluding hydrogens is 258 g/mol. The third-order valence-electron chi connectivity index (χ3n) is 2.67. The highest BCUT2D eigenvalue weighted by Gasteiger charge is 2.25. The molecule has 0 saturated carbocycles. The van der Waals surface area contributed by atoms with Crippen LogP contribution in [0.5, 0.6) is 0 Å². The molecule has 0 spiro atoms. The molecule has 2 N–H and O–H groups in total. The zero-order valence-electron chi connectivity index (χ0n) is 10.1. The highest BCUT2D eigenvalue weighted by atomic mass is 32.2. The number of likely N-dealkylation sites (N-methyl/N-ethyl adjacent to an activating group) is 1. The Morgan fingerprint density at radius 1 is 1.50 bits per heavy atom. The molecule has 0 heterocycles. The van der Waals surface area contributed by atoms with Gasteiger partial charge in [0.1, 0.15) is 0 Å². The minimum Gasteiger partial charge on any atom is -0.329 e. The first-order valence-electron chi connectivity index (χ1n) is 5.23. The Labute approximate surface area is 105 Å². The molecule has 0 saturated heterocycles. The van der Waals surface area contributed by atoms with Gasteiger partial charge in [0, 0.05) is 31.8 Å². The Morgan fingerprint density at radius 3 is 2.61 bits per heavy atom. The molecule has 0 aliphatic carbocycles. The molecule has 7 nitrogen and oxygen atoms in total. The van der Waals surface area contributed by atoms with E-state index in [2.05, 4.69) is 0 Å². The van der Waals surface area contributed by atoms with Gasteiger partial charge in [0.25, 0.3) is 5.69 Å². The lowest BCUT2D eigenvalue weighted by Gasteiger charge is -2.22. The summed E-state index contributed by atoms with van der Waals surface area (Å²) in [4.78, 5) is 9.87. The third kappa shape index (κ3) is 2.84. The topological polar surface area (TPSA) is 107 Å². The number of rotatable bonds is 5. The second kappa shape index (κ2) is 5.42. The number of hydrogen-bond acceptors (Lipinski definition) is 5. The molecule has 1 unspecified atom stereocenters. The van der Waals surface area contributed by atoms with Crippen LogP contribution in [0.2, 0.25) is 0 Å². The first-order valence-corrected chi connectivity index (χ1v) is 6.67. The second-order valence-corrected chi connectivity index (χ2v) is 5.86. The SMILES string of the molecule is CC(CN)N(C)S(=O)(=O)c1cccc([N+](=O)[O-])c1. The molecule has 1 aromatic rings. The molecule has 0 aliphatic rings. The second-order valence-electron chi connectivity index (χ2n) is 3.86. The number of nitro benzene ring substituents is 1. The fraction of sp³-hybridized carbons (Fsp3) is 0.400. The maximum absolute atomic E-state index is 12.2. The Bertz CT molecular complexity index is 544. The van der Waals surface area contributed by atoms with Crippen LogP contribution in [0.3, 0.4) is 0 Å². The average Bonchev–Trinajstić information content (AvgIpc) is 2.36. The fourth-order valence-corrected chi connectivity index (χ4v) is 2.72. The molecule has 0 bridgehead atoms. The number of nitro groups is 1. The van der Waals surface area contributed by atoms with Gasteiger partial charge in [-0.05, 0) is 13.0 Å². The highest BCUT2D eigenvalue weighted by molar-refractivity contribution is 7.89. The Kier molecular flexibility index (Phi) is 4.38. The summed E-state index contributed by atoms with van der Waals surface area (Å²) in [5.41, 5.74) is 5.15. The van der Waals surface area contributed by atoms with Crippen LogP contribution >= 0.6 is 0 Å². The van der Waals surface area contributed by atoms with Gasteiger partial charge in [0.05, 0.1) is 9.82 Å². The standard InChI is InChI=1S/C10H15N3O4S/c1-8(7-11)12(2)18(16,17)10-5-3-4-9(6-10)13(14)15/h3-6,8H,7,11H2,1-2H3. The van der Waals surface area contributed by atoms with Crippen molar-refractivity contribution in [3.63, 3.8) is 0 Å². The largest absolute Gasteiger partial charge is 0.329 e. The summed E-state index contributed by atoms with van der Waals surface area (Å²) in [5, 5.41) is 10.6. The molecule has 8 heteroatoms. The van der Waals surface area contributed by atoms with Gasteiger partial charge in [-0.1, -0.05) is 6.07 Å². The normalized spacial score (nSPS) is 13.6. The van der Waals surface area contributed by atoms with Crippen molar-refractivity contribution in [3.8, 4) is 0 Å². The highest BCUT2D eigenvalue weighted by Crippen LogP contribution is 2.21. The van der Waals surface area contributed by atoms with E-state index in [1.54, 1.807) is 6.92 Å². The zero-order valence-corrected chi connectivity index (χ0v) is 10.9. The predicted octanol–water partition coefficient (Wildman–Crippen LogP) is 0.562.